The Morgan fingerprint density at radius 2 is 2.10 bits per heavy atom. The molecule has 0 spiro atoms. The van der Waals surface area contributed by atoms with Gasteiger partial charge in [-0.3, -0.25) is 0 Å². The normalized spacial score (nSPS) is 49.2. The summed E-state index contributed by atoms with van der Waals surface area (Å²) in [6, 6.07) is -0.738. The van der Waals surface area contributed by atoms with Gasteiger partial charge in [0.15, 0.2) is 12.5 Å². The molecule has 1 aliphatic heterocycles. The fourth-order valence-electron chi connectivity index (χ4n) is 0.805. The van der Waals surface area contributed by atoms with Crippen molar-refractivity contribution in [2.24, 2.45) is 5.73 Å². The van der Waals surface area contributed by atoms with E-state index in [1.54, 1.807) is 0 Å². The minimum Gasteiger partial charge on any atom is -0.388 e. The molecule has 1 saturated heterocycles. The standard InChI is InChI=1S/C5H10FNO3/c6-3-4(8)2(7)1-10-5(3)9/h2-5,8-9H,1,7H2/t2-,3-,4+,5+/m0/s1. The summed E-state index contributed by atoms with van der Waals surface area (Å²) in [5.41, 5.74) is 5.20. The van der Waals surface area contributed by atoms with Gasteiger partial charge in [0, 0.05) is 0 Å². The number of ether oxygens (including phenoxy) is 1. The molecule has 5 heteroatoms. The van der Waals surface area contributed by atoms with Crippen molar-refractivity contribution in [3.63, 3.8) is 0 Å². The largest absolute Gasteiger partial charge is 0.388 e. The molecule has 0 radical (unpaired) electrons. The Kier molecular flexibility index (Phi) is 2.20. The third-order valence-electron chi connectivity index (χ3n) is 1.50. The molecule has 0 aliphatic carbocycles. The van der Waals surface area contributed by atoms with E-state index in [1.165, 1.54) is 0 Å². The van der Waals surface area contributed by atoms with Crippen LogP contribution in [0.15, 0.2) is 0 Å². The Balaban J connectivity index is 2.52. The molecule has 10 heavy (non-hydrogen) atoms. The zero-order valence-electron chi connectivity index (χ0n) is 5.27. The van der Waals surface area contributed by atoms with Gasteiger partial charge in [-0.1, -0.05) is 0 Å². The Bertz CT molecular complexity index is 109. The molecule has 4 atom stereocenters. The van der Waals surface area contributed by atoms with Crippen LogP contribution in [0.2, 0.25) is 0 Å². The van der Waals surface area contributed by atoms with Crippen LogP contribution in [0.25, 0.3) is 0 Å². The summed E-state index contributed by atoms with van der Waals surface area (Å²) < 4.78 is 17.0. The molecule has 0 aromatic carbocycles. The lowest BCUT2D eigenvalue weighted by molar-refractivity contribution is -0.203. The number of hydrogen-bond donors (Lipinski definition) is 3. The predicted octanol–water partition coefficient (Wildman–Crippen LogP) is -1.64. The van der Waals surface area contributed by atoms with Crippen LogP contribution in [-0.2, 0) is 4.74 Å². The highest BCUT2D eigenvalue weighted by Crippen LogP contribution is 2.14. The number of halogens is 1. The molecule has 0 bridgehead atoms. The minimum atomic E-state index is -1.79. The highest BCUT2D eigenvalue weighted by Gasteiger charge is 2.36. The van der Waals surface area contributed by atoms with E-state index in [-0.39, 0.29) is 6.61 Å². The number of rotatable bonds is 0. The highest BCUT2D eigenvalue weighted by molar-refractivity contribution is 4.84. The number of nitrogens with two attached hydrogens (primary N) is 1. The molecule has 0 aromatic rings. The van der Waals surface area contributed by atoms with Crippen LogP contribution < -0.4 is 5.73 Å². The summed E-state index contributed by atoms with van der Waals surface area (Å²) >= 11 is 0. The van der Waals surface area contributed by atoms with Crippen molar-refractivity contribution in [1.82, 2.24) is 0 Å². The van der Waals surface area contributed by atoms with Crippen LogP contribution in [-0.4, -0.2) is 41.4 Å². The van der Waals surface area contributed by atoms with Crippen LogP contribution in [0.4, 0.5) is 4.39 Å². The SMILES string of the molecule is N[C@H]1CO[C@@H](O)[C@@H](F)[C@@H]1O. The number of aliphatic hydroxyl groups excluding tert-OH is 2. The van der Waals surface area contributed by atoms with Gasteiger partial charge < -0.3 is 20.7 Å². The van der Waals surface area contributed by atoms with Crippen molar-refractivity contribution in [2.45, 2.75) is 24.6 Å². The first-order valence-corrected chi connectivity index (χ1v) is 3.00. The Hall–Kier alpha value is -0.230. The second kappa shape index (κ2) is 2.79. The quantitative estimate of drug-likeness (QED) is 0.388. The third kappa shape index (κ3) is 1.27. The van der Waals surface area contributed by atoms with Crippen molar-refractivity contribution in [2.75, 3.05) is 6.61 Å². The average molecular weight is 151 g/mol. The summed E-state index contributed by atoms with van der Waals surface area (Å²) in [7, 11) is 0. The van der Waals surface area contributed by atoms with Gasteiger partial charge in [-0.05, 0) is 0 Å². The first kappa shape index (κ1) is 7.87. The summed E-state index contributed by atoms with van der Waals surface area (Å²) in [5.74, 6) is 0. The molecular weight excluding hydrogens is 141 g/mol. The fourth-order valence-corrected chi connectivity index (χ4v) is 0.805. The monoisotopic (exact) mass is 151 g/mol. The summed E-state index contributed by atoms with van der Waals surface area (Å²) in [6.07, 6.45) is -4.64. The molecule has 1 rings (SSSR count). The first-order chi connectivity index (χ1) is 4.63. The van der Waals surface area contributed by atoms with Gasteiger partial charge in [0.2, 0.25) is 0 Å². The molecule has 1 aliphatic rings. The van der Waals surface area contributed by atoms with Gasteiger partial charge in [0.05, 0.1) is 12.6 Å². The van der Waals surface area contributed by atoms with Crippen molar-refractivity contribution >= 4 is 0 Å². The van der Waals surface area contributed by atoms with E-state index in [4.69, 9.17) is 15.9 Å². The van der Waals surface area contributed by atoms with Crippen LogP contribution >= 0.6 is 0 Å². The van der Waals surface area contributed by atoms with Crippen molar-refractivity contribution in [1.29, 1.82) is 0 Å². The van der Waals surface area contributed by atoms with Crippen LogP contribution in [0.3, 0.4) is 0 Å². The van der Waals surface area contributed by atoms with Crippen molar-refractivity contribution in [3.05, 3.63) is 0 Å². The Morgan fingerprint density at radius 3 is 2.60 bits per heavy atom. The molecule has 0 aromatic heterocycles. The van der Waals surface area contributed by atoms with Gasteiger partial charge in [0.25, 0.3) is 0 Å². The fraction of sp³-hybridized carbons (Fsp3) is 1.00. The molecule has 4 nitrogen and oxygen atoms in total. The number of alkyl halides is 1. The second-order valence-electron chi connectivity index (χ2n) is 2.32. The van der Waals surface area contributed by atoms with E-state index in [0.29, 0.717) is 0 Å². The van der Waals surface area contributed by atoms with Crippen molar-refractivity contribution in [3.8, 4) is 0 Å². The average Bonchev–Trinajstić information content (AvgIpc) is 1.93. The molecule has 1 fully saturated rings. The van der Waals surface area contributed by atoms with Gasteiger partial charge >= 0.3 is 0 Å². The summed E-state index contributed by atoms with van der Waals surface area (Å²) in [4.78, 5) is 0. The minimum absolute atomic E-state index is 0.0112. The van der Waals surface area contributed by atoms with Gasteiger partial charge in [-0.15, -0.1) is 0 Å². The second-order valence-corrected chi connectivity index (χ2v) is 2.32. The number of hydrogen-bond acceptors (Lipinski definition) is 4. The maximum Gasteiger partial charge on any atom is 0.188 e. The Labute approximate surface area is 57.4 Å². The van der Waals surface area contributed by atoms with E-state index in [0.717, 1.165) is 0 Å². The maximum absolute atomic E-state index is 12.5. The molecule has 4 N–H and O–H groups in total. The van der Waals surface area contributed by atoms with E-state index in [1.807, 2.05) is 0 Å². The van der Waals surface area contributed by atoms with Crippen LogP contribution in [0, 0.1) is 0 Å². The number of aliphatic hydroxyl groups is 2. The molecule has 60 valence electrons. The third-order valence-corrected chi connectivity index (χ3v) is 1.50. The predicted molar refractivity (Wildman–Crippen MR) is 30.8 cm³/mol. The Morgan fingerprint density at radius 1 is 1.50 bits per heavy atom. The van der Waals surface area contributed by atoms with E-state index >= 15 is 0 Å². The lowest BCUT2D eigenvalue weighted by atomic mass is 10.1. The molecule has 0 amide bonds. The maximum atomic E-state index is 12.5. The highest BCUT2D eigenvalue weighted by atomic mass is 19.1. The zero-order valence-corrected chi connectivity index (χ0v) is 5.27. The zero-order chi connectivity index (χ0) is 7.72. The summed E-state index contributed by atoms with van der Waals surface area (Å²) in [5, 5.41) is 17.5. The van der Waals surface area contributed by atoms with Gasteiger partial charge in [0.1, 0.15) is 6.10 Å². The van der Waals surface area contributed by atoms with Crippen molar-refractivity contribution < 1.29 is 19.3 Å². The van der Waals surface area contributed by atoms with E-state index < -0.39 is 24.6 Å². The molecule has 0 unspecified atom stereocenters. The lowest BCUT2D eigenvalue weighted by Crippen LogP contribution is -2.54. The smallest absolute Gasteiger partial charge is 0.188 e. The van der Waals surface area contributed by atoms with Gasteiger partial charge in [-0.2, -0.15) is 0 Å². The molecular formula is C5H10FNO3. The first-order valence-electron chi connectivity index (χ1n) is 3.00. The topological polar surface area (TPSA) is 75.7 Å². The van der Waals surface area contributed by atoms with E-state index in [9.17, 15) is 4.39 Å². The van der Waals surface area contributed by atoms with Gasteiger partial charge in [-0.25, -0.2) is 4.39 Å². The molecule has 1 heterocycles. The lowest BCUT2D eigenvalue weighted by Gasteiger charge is -2.31. The van der Waals surface area contributed by atoms with Crippen LogP contribution in [0.1, 0.15) is 0 Å². The van der Waals surface area contributed by atoms with Crippen LogP contribution in [0.5, 0.6) is 0 Å². The van der Waals surface area contributed by atoms with E-state index in [2.05, 4.69) is 4.74 Å². The summed E-state index contributed by atoms with van der Waals surface area (Å²) in [6.45, 7) is -0.0112. The molecule has 0 saturated carbocycles.